The first-order valence-electron chi connectivity index (χ1n) is 9.46. The van der Waals surface area contributed by atoms with Gasteiger partial charge in [0, 0.05) is 36.7 Å². The molecule has 0 saturated heterocycles. The van der Waals surface area contributed by atoms with Crippen LogP contribution in [0.2, 0.25) is 0 Å². The van der Waals surface area contributed by atoms with E-state index in [0.717, 1.165) is 53.9 Å². The van der Waals surface area contributed by atoms with E-state index < -0.39 is 0 Å². The summed E-state index contributed by atoms with van der Waals surface area (Å²) in [6, 6.07) is 15.5. The fourth-order valence-corrected chi connectivity index (χ4v) is 3.83. The SMILES string of the molecule is Cn1nc(C(=O)Nc2cccc(-c3nnc4n3CCCC4)c2)c2ccccc21. The van der Waals surface area contributed by atoms with Gasteiger partial charge in [-0.2, -0.15) is 5.10 Å². The maximum atomic E-state index is 12.9. The van der Waals surface area contributed by atoms with Crippen LogP contribution in [0.1, 0.15) is 29.2 Å². The molecule has 0 unspecified atom stereocenters. The lowest BCUT2D eigenvalue weighted by molar-refractivity contribution is 0.102. The summed E-state index contributed by atoms with van der Waals surface area (Å²) < 4.78 is 3.90. The standard InChI is InChI=1S/C21H20N6O/c1-26-17-10-3-2-9-16(17)19(25-26)21(28)22-15-8-6-7-14(13-15)20-24-23-18-11-4-5-12-27(18)20/h2-3,6-10,13H,4-5,11-12H2,1H3,(H,22,28). The second-order valence-corrected chi connectivity index (χ2v) is 7.07. The number of fused-ring (bicyclic) bond motifs is 2. The van der Waals surface area contributed by atoms with Crippen LogP contribution >= 0.6 is 0 Å². The molecule has 28 heavy (non-hydrogen) atoms. The molecule has 0 atom stereocenters. The van der Waals surface area contributed by atoms with E-state index in [-0.39, 0.29) is 5.91 Å². The van der Waals surface area contributed by atoms with E-state index in [4.69, 9.17) is 0 Å². The van der Waals surface area contributed by atoms with E-state index in [1.54, 1.807) is 4.68 Å². The van der Waals surface area contributed by atoms with E-state index >= 15 is 0 Å². The molecule has 4 aromatic rings. The van der Waals surface area contributed by atoms with Crippen LogP contribution in [-0.4, -0.2) is 30.5 Å². The van der Waals surface area contributed by atoms with Crippen LogP contribution in [0.4, 0.5) is 5.69 Å². The zero-order valence-electron chi connectivity index (χ0n) is 15.6. The number of carbonyl (C=O) groups is 1. The van der Waals surface area contributed by atoms with E-state index in [0.29, 0.717) is 11.4 Å². The van der Waals surface area contributed by atoms with Crippen molar-refractivity contribution in [3.8, 4) is 11.4 Å². The Balaban J connectivity index is 1.45. The Labute approximate surface area is 162 Å². The van der Waals surface area contributed by atoms with Gasteiger partial charge in [-0.1, -0.05) is 30.3 Å². The average molecular weight is 372 g/mol. The average Bonchev–Trinajstić information content (AvgIpc) is 3.30. The summed E-state index contributed by atoms with van der Waals surface area (Å²) in [5, 5.41) is 16.9. The van der Waals surface area contributed by atoms with Gasteiger partial charge in [-0.15, -0.1) is 10.2 Å². The van der Waals surface area contributed by atoms with Crippen molar-refractivity contribution in [3.63, 3.8) is 0 Å². The lowest BCUT2D eigenvalue weighted by atomic mass is 10.1. The van der Waals surface area contributed by atoms with Crippen LogP contribution in [0.3, 0.4) is 0 Å². The summed E-state index contributed by atoms with van der Waals surface area (Å²) >= 11 is 0. The molecule has 0 aliphatic carbocycles. The molecule has 7 heteroatoms. The maximum Gasteiger partial charge on any atom is 0.276 e. The number of carbonyl (C=O) groups excluding carboxylic acids is 1. The second-order valence-electron chi connectivity index (χ2n) is 7.07. The van der Waals surface area contributed by atoms with Crippen LogP contribution in [0.15, 0.2) is 48.5 Å². The van der Waals surface area contributed by atoms with E-state index in [9.17, 15) is 4.79 Å². The zero-order valence-corrected chi connectivity index (χ0v) is 15.6. The number of nitrogens with one attached hydrogen (secondary N) is 1. The molecule has 0 saturated carbocycles. The number of aryl methyl sites for hydroxylation is 2. The Morgan fingerprint density at radius 3 is 2.89 bits per heavy atom. The second kappa shape index (κ2) is 6.60. The first kappa shape index (κ1) is 16.7. The monoisotopic (exact) mass is 372 g/mol. The highest BCUT2D eigenvalue weighted by Gasteiger charge is 2.19. The molecular formula is C21H20N6O. The molecule has 3 heterocycles. The van der Waals surface area contributed by atoms with Crippen molar-refractivity contribution in [1.29, 1.82) is 0 Å². The van der Waals surface area contributed by atoms with Crippen molar-refractivity contribution in [1.82, 2.24) is 24.5 Å². The van der Waals surface area contributed by atoms with Crippen LogP contribution in [0.5, 0.6) is 0 Å². The lowest BCUT2D eigenvalue weighted by Gasteiger charge is -2.15. The third kappa shape index (κ3) is 2.76. The largest absolute Gasteiger partial charge is 0.321 e. The molecule has 1 aliphatic rings. The van der Waals surface area contributed by atoms with Gasteiger partial charge in [0.25, 0.3) is 5.91 Å². The minimum absolute atomic E-state index is 0.225. The molecular weight excluding hydrogens is 352 g/mol. The molecule has 1 aliphatic heterocycles. The predicted octanol–water partition coefficient (Wildman–Crippen LogP) is 3.42. The molecule has 1 amide bonds. The normalized spacial score (nSPS) is 13.5. The van der Waals surface area contributed by atoms with Gasteiger partial charge in [0.2, 0.25) is 0 Å². The summed E-state index contributed by atoms with van der Waals surface area (Å²) in [5.41, 5.74) is 3.01. The van der Waals surface area contributed by atoms with Gasteiger partial charge >= 0.3 is 0 Å². The highest BCUT2D eigenvalue weighted by molar-refractivity contribution is 6.11. The number of hydrogen-bond donors (Lipinski definition) is 1. The number of benzene rings is 2. The van der Waals surface area contributed by atoms with Crippen molar-refractivity contribution < 1.29 is 4.79 Å². The predicted molar refractivity (Wildman–Crippen MR) is 107 cm³/mol. The van der Waals surface area contributed by atoms with Crippen molar-refractivity contribution >= 4 is 22.5 Å². The highest BCUT2D eigenvalue weighted by Crippen LogP contribution is 2.26. The van der Waals surface area contributed by atoms with Gasteiger partial charge in [0.15, 0.2) is 11.5 Å². The highest BCUT2D eigenvalue weighted by atomic mass is 16.2. The zero-order chi connectivity index (χ0) is 19.1. The smallest absolute Gasteiger partial charge is 0.276 e. The number of nitrogens with zero attached hydrogens (tertiary/aromatic N) is 5. The molecule has 1 N–H and O–H groups in total. The summed E-state index contributed by atoms with van der Waals surface area (Å²) in [6.07, 6.45) is 3.27. The van der Waals surface area contributed by atoms with Gasteiger partial charge in [-0.3, -0.25) is 9.48 Å². The topological polar surface area (TPSA) is 77.6 Å². The third-order valence-corrected chi connectivity index (χ3v) is 5.21. The molecule has 2 aromatic heterocycles. The molecule has 0 radical (unpaired) electrons. The number of para-hydroxylation sites is 1. The summed E-state index contributed by atoms with van der Waals surface area (Å²) in [5.74, 6) is 1.67. The molecule has 0 fully saturated rings. The number of anilines is 1. The molecule has 7 nitrogen and oxygen atoms in total. The molecule has 2 aromatic carbocycles. The van der Waals surface area contributed by atoms with Crippen LogP contribution < -0.4 is 5.32 Å². The summed E-state index contributed by atoms with van der Waals surface area (Å²) in [6.45, 7) is 0.939. The van der Waals surface area contributed by atoms with E-state index in [1.807, 2.05) is 55.6 Å². The number of hydrogen-bond acceptors (Lipinski definition) is 4. The minimum Gasteiger partial charge on any atom is -0.321 e. The first-order valence-corrected chi connectivity index (χ1v) is 9.46. The van der Waals surface area contributed by atoms with Gasteiger partial charge in [-0.05, 0) is 31.0 Å². The molecule has 0 spiro atoms. The third-order valence-electron chi connectivity index (χ3n) is 5.21. The fourth-order valence-electron chi connectivity index (χ4n) is 3.83. The Bertz CT molecular complexity index is 1190. The van der Waals surface area contributed by atoms with Crippen molar-refractivity contribution in [2.45, 2.75) is 25.8 Å². The van der Waals surface area contributed by atoms with E-state index in [2.05, 4.69) is 25.2 Å². The van der Waals surface area contributed by atoms with Gasteiger partial charge in [0.05, 0.1) is 5.52 Å². The van der Waals surface area contributed by atoms with Crippen LogP contribution in [-0.2, 0) is 20.0 Å². The Kier molecular flexibility index (Phi) is 3.93. The lowest BCUT2D eigenvalue weighted by Crippen LogP contribution is -2.14. The van der Waals surface area contributed by atoms with Gasteiger partial charge in [-0.25, -0.2) is 0 Å². The van der Waals surface area contributed by atoms with E-state index in [1.165, 1.54) is 0 Å². The number of amides is 1. The molecule has 5 rings (SSSR count). The minimum atomic E-state index is -0.225. The fraction of sp³-hybridized carbons (Fsp3) is 0.238. The number of aromatic nitrogens is 5. The number of rotatable bonds is 3. The van der Waals surface area contributed by atoms with Crippen molar-refractivity contribution in [3.05, 3.63) is 60.0 Å². The quantitative estimate of drug-likeness (QED) is 0.598. The van der Waals surface area contributed by atoms with Gasteiger partial charge < -0.3 is 9.88 Å². The van der Waals surface area contributed by atoms with Gasteiger partial charge in [0.1, 0.15) is 5.82 Å². The molecule has 140 valence electrons. The summed E-state index contributed by atoms with van der Waals surface area (Å²) in [7, 11) is 1.84. The molecule has 0 bridgehead atoms. The first-order chi connectivity index (χ1) is 13.7. The van der Waals surface area contributed by atoms with Crippen molar-refractivity contribution in [2.75, 3.05) is 5.32 Å². The van der Waals surface area contributed by atoms with Crippen LogP contribution in [0.25, 0.3) is 22.3 Å². The Morgan fingerprint density at radius 1 is 1.07 bits per heavy atom. The summed E-state index contributed by atoms with van der Waals surface area (Å²) in [4.78, 5) is 12.9. The van der Waals surface area contributed by atoms with Crippen LogP contribution in [0, 0.1) is 0 Å². The Morgan fingerprint density at radius 2 is 1.96 bits per heavy atom. The Hall–Kier alpha value is -3.48. The van der Waals surface area contributed by atoms with Crippen molar-refractivity contribution in [2.24, 2.45) is 7.05 Å². The maximum absolute atomic E-state index is 12.9.